The van der Waals surface area contributed by atoms with Gasteiger partial charge in [-0.15, -0.1) is 34.8 Å². The van der Waals surface area contributed by atoms with E-state index in [9.17, 15) is 9.36 Å². The van der Waals surface area contributed by atoms with Crippen LogP contribution in [0.4, 0.5) is 0 Å². The van der Waals surface area contributed by atoms with E-state index >= 15 is 0 Å². The number of rotatable bonds is 13. The third-order valence-electron chi connectivity index (χ3n) is 2.34. The number of halogens is 3. The topological polar surface area (TPSA) is 67.9 Å². The minimum atomic E-state index is -3.25. The highest BCUT2D eigenvalue weighted by molar-refractivity contribution is 7.54. The summed E-state index contributed by atoms with van der Waals surface area (Å²) >= 11 is 17.0. The first kappa shape index (κ1) is 21.4. The standard InChI is InChI=1S/C11H22Cl3N2O4P/c1-11(17)19-9-2-6-15-21(18,20-10-5-14)16(7-3-12)8-4-13/h2-10H2,1H3,(H,15,18). The van der Waals surface area contributed by atoms with E-state index < -0.39 is 7.67 Å². The monoisotopic (exact) mass is 382 g/mol. The van der Waals surface area contributed by atoms with Crippen molar-refractivity contribution >= 4 is 48.4 Å². The second kappa shape index (κ2) is 12.9. The van der Waals surface area contributed by atoms with E-state index in [1.54, 1.807) is 4.67 Å². The summed E-state index contributed by atoms with van der Waals surface area (Å²) in [5, 5.41) is 2.87. The van der Waals surface area contributed by atoms with E-state index in [4.69, 9.17) is 44.1 Å². The first-order valence-corrected chi connectivity index (χ1v) is 9.74. The molecule has 0 aliphatic heterocycles. The van der Waals surface area contributed by atoms with Crippen LogP contribution in [0, 0.1) is 0 Å². The molecule has 0 bridgehead atoms. The zero-order valence-corrected chi connectivity index (χ0v) is 15.2. The van der Waals surface area contributed by atoms with Crippen molar-refractivity contribution < 1.29 is 18.6 Å². The van der Waals surface area contributed by atoms with Crippen molar-refractivity contribution in [2.45, 2.75) is 13.3 Å². The molecule has 21 heavy (non-hydrogen) atoms. The molecular formula is C11H22Cl3N2O4P. The number of ether oxygens (including phenoxy) is 1. The molecule has 1 unspecified atom stereocenters. The van der Waals surface area contributed by atoms with Crippen LogP contribution in [0.5, 0.6) is 0 Å². The average Bonchev–Trinajstić information content (AvgIpc) is 2.44. The summed E-state index contributed by atoms with van der Waals surface area (Å²) in [6.45, 7) is 2.87. The Bertz CT molecular complexity index is 331. The average molecular weight is 384 g/mol. The van der Waals surface area contributed by atoms with E-state index in [0.717, 1.165) is 0 Å². The largest absolute Gasteiger partial charge is 0.466 e. The van der Waals surface area contributed by atoms with Gasteiger partial charge in [-0.3, -0.25) is 9.36 Å². The highest BCUT2D eigenvalue weighted by Crippen LogP contribution is 2.46. The van der Waals surface area contributed by atoms with Crippen molar-refractivity contribution in [1.82, 2.24) is 9.76 Å². The molecule has 0 aromatic carbocycles. The van der Waals surface area contributed by atoms with Crippen LogP contribution in [0.1, 0.15) is 13.3 Å². The third kappa shape index (κ3) is 9.95. The molecule has 1 atom stereocenters. The Balaban J connectivity index is 4.49. The zero-order valence-electron chi connectivity index (χ0n) is 12.0. The van der Waals surface area contributed by atoms with Gasteiger partial charge in [0.05, 0.1) is 13.2 Å². The number of alkyl halides is 3. The van der Waals surface area contributed by atoms with Crippen LogP contribution in [0.25, 0.3) is 0 Å². The Labute approximate surface area is 140 Å². The molecule has 0 saturated carbocycles. The molecule has 6 nitrogen and oxygen atoms in total. The third-order valence-corrected chi connectivity index (χ3v) is 5.13. The quantitative estimate of drug-likeness (QED) is 0.228. The van der Waals surface area contributed by atoms with Crippen LogP contribution in [0.3, 0.4) is 0 Å². The molecule has 0 heterocycles. The predicted molar refractivity (Wildman–Crippen MR) is 86.5 cm³/mol. The van der Waals surface area contributed by atoms with Crippen molar-refractivity contribution in [3.8, 4) is 0 Å². The number of hydrogen-bond donors (Lipinski definition) is 1. The number of nitrogens with one attached hydrogen (secondary N) is 1. The molecule has 0 saturated heterocycles. The molecule has 0 aliphatic rings. The molecular weight excluding hydrogens is 361 g/mol. The fourth-order valence-electron chi connectivity index (χ4n) is 1.46. The first-order chi connectivity index (χ1) is 10.00. The van der Waals surface area contributed by atoms with E-state index in [2.05, 4.69) is 5.09 Å². The summed E-state index contributed by atoms with van der Waals surface area (Å²) in [5.74, 6) is 0.498. The molecule has 0 spiro atoms. The van der Waals surface area contributed by atoms with Crippen LogP contribution in [-0.4, -0.2) is 61.1 Å². The van der Waals surface area contributed by atoms with Crippen LogP contribution in [0.15, 0.2) is 0 Å². The van der Waals surface area contributed by atoms with Gasteiger partial charge < -0.3 is 9.26 Å². The van der Waals surface area contributed by atoms with E-state index in [-0.39, 0.29) is 25.1 Å². The minimum Gasteiger partial charge on any atom is -0.466 e. The predicted octanol–water partition coefficient (Wildman–Crippen LogP) is 2.67. The van der Waals surface area contributed by atoms with Gasteiger partial charge in [-0.1, -0.05) is 0 Å². The zero-order chi connectivity index (χ0) is 16.1. The Morgan fingerprint density at radius 2 is 1.76 bits per heavy atom. The molecule has 10 heteroatoms. The van der Waals surface area contributed by atoms with Gasteiger partial charge in [-0.05, 0) is 6.42 Å². The van der Waals surface area contributed by atoms with E-state index in [1.165, 1.54) is 6.92 Å². The normalized spacial score (nSPS) is 14.1. The van der Waals surface area contributed by atoms with Gasteiger partial charge in [0, 0.05) is 44.2 Å². The highest BCUT2D eigenvalue weighted by Gasteiger charge is 2.30. The molecule has 0 aliphatic carbocycles. The Morgan fingerprint density at radius 1 is 1.14 bits per heavy atom. The van der Waals surface area contributed by atoms with Crippen LogP contribution in [0.2, 0.25) is 0 Å². The molecule has 0 radical (unpaired) electrons. The fourth-order valence-corrected chi connectivity index (χ4v) is 4.25. The van der Waals surface area contributed by atoms with Gasteiger partial charge in [-0.25, -0.2) is 9.76 Å². The lowest BCUT2D eigenvalue weighted by atomic mass is 10.5. The maximum absolute atomic E-state index is 12.9. The van der Waals surface area contributed by atoms with Gasteiger partial charge in [0.1, 0.15) is 0 Å². The van der Waals surface area contributed by atoms with Crippen LogP contribution < -0.4 is 5.09 Å². The van der Waals surface area contributed by atoms with Crippen molar-refractivity contribution in [1.29, 1.82) is 0 Å². The molecule has 1 N–H and O–H groups in total. The van der Waals surface area contributed by atoms with E-state index in [0.29, 0.717) is 37.8 Å². The minimum absolute atomic E-state index is 0.150. The molecule has 0 fully saturated rings. The Morgan fingerprint density at radius 3 is 2.24 bits per heavy atom. The lowest BCUT2D eigenvalue weighted by Gasteiger charge is -2.30. The van der Waals surface area contributed by atoms with Crippen LogP contribution >= 0.6 is 42.5 Å². The highest BCUT2D eigenvalue weighted by atomic mass is 35.5. The van der Waals surface area contributed by atoms with Crippen molar-refractivity contribution in [2.24, 2.45) is 0 Å². The van der Waals surface area contributed by atoms with Gasteiger partial charge in [0.15, 0.2) is 0 Å². The van der Waals surface area contributed by atoms with Crippen LogP contribution in [-0.2, 0) is 18.6 Å². The SMILES string of the molecule is CC(=O)OCCCNP(=O)(OCCCl)N(CCCl)CCCl. The maximum Gasteiger partial charge on any atom is 0.343 e. The Kier molecular flexibility index (Phi) is 13.2. The maximum atomic E-state index is 12.9. The molecule has 0 aromatic rings. The summed E-state index contributed by atoms with van der Waals surface area (Å²) in [5.41, 5.74) is 0. The molecule has 126 valence electrons. The molecule has 0 rings (SSSR count). The van der Waals surface area contributed by atoms with Crippen molar-refractivity contribution in [2.75, 3.05) is 50.5 Å². The van der Waals surface area contributed by atoms with Gasteiger partial charge in [0.2, 0.25) is 0 Å². The van der Waals surface area contributed by atoms with Gasteiger partial charge in [-0.2, -0.15) is 0 Å². The second-order valence-corrected chi connectivity index (χ2v) is 7.29. The number of carbonyl (C=O) groups excluding carboxylic acids is 1. The lowest BCUT2D eigenvalue weighted by molar-refractivity contribution is -0.140. The first-order valence-electron chi connectivity index (χ1n) is 6.56. The van der Waals surface area contributed by atoms with Crippen molar-refractivity contribution in [3.63, 3.8) is 0 Å². The Hall–Kier alpha value is 0.450. The van der Waals surface area contributed by atoms with E-state index in [1.807, 2.05) is 0 Å². The fraction of sp³-hybridized carbons (Fsp3) is 0.909. The molecule has 0 aromatic heterocycles. The second-order valence-electron chi connectivity index (χ2n) is 3.98. The summed E-state index contributed by atoms with van der Waals surface area (Å²) in [4.78, 5) is 10.6. The number of hydrogen-bond acceptors (Lipinski definition) is 4. The number of esters is 1. The summed E-state index contributed by atoms with van der Waals surface area (Å²) in [7, 11) is -3.25. The van der Waals surface area contributed by atoms with Gasteiger partial charge in [0.25, 0.3) is 0 Å². The smallest absolute Gasteiger partial charge is 0.343 e. The van der Waals surface area contributed by atoms with Gasteiger partial charge >= 0.3 is 13.6 Å². The summed E-state index contributed by atoms with van der Waals surface area (Å²) in [6, 6.07) is 0. The number of carbonyl (C=O) groups is 1. The summed E-state index contributed by atoms with van der Waals surface area (Å²) in [6.07, 6.45) is 0.517. The molecule has 0 amide bonds. The lowest BCUT2D eigenvalue weighted by Crippen LogP contribution is -2.33. The van der Waals surface area contributed by atoms with Crippen molar-refractivity contribution in [3.05, 3.63) is 0 Å². The number of nitrogens with zero attached hydrogens (tertiary/aromatic N) is 1. The summed E-state index contributed by atoms with van der Waals surface area (Å²) < 4.78 is 24.6.